The van der Waals surface area contributed by atoms with Crippen LogP contribution in [0.4, 0.5) is 0 Å². The van der Waals surface area contributed by atoms with Crippen molar-refractivity contribution in [2.24, 2.45) is 5.41 Å². The molecule has 0 fully saturated rings. The molecule has 3 heteroatoms. The largest absolute Gasteiger partial charge is 0.338 e. The van der Waals surface area contributed by atoms with Crippen molar-refractivity contribution in [1.82, 2.24) is 4.90 Å². The molecule has 110 valence electrons. The molecule has 0 unspecified atom stereocenters. The lowest BCUT2D eigenvalue weighted by Gasteiger charge is -2.36. The van der Waals surface area contributed by atoms with Crippen molar-refractivity contribution in [3.8, 4) is 0 Å². The van der Waals surface area contributed by atoms with Crippen LogP contribution in [0.2, 0.25) is 0 Å². The Morgan fingerprint density at radius 2 is 1.95 bits per heavy atom. The number of hydrogen-bond donors (Lipinski definition) is 1. The van der Waals surface area contributed by atoms with E-state index in [1.165, 1.54) is 5.56 Å². The lowest BCUT2D eigenvalue weighted by Crippen LogP contribution is -2.42. The topological polar surface area (TPSA) is 20.3 Å². The number of benzene rings is 1. The Balaban J connectivity index is 2.23. The highest BCUT2D eigenvalue weighted by Crippen LogP contribution is 2.31. The zero-order valence-electron chi connectivity index (χ0n) is 12.6. The van der Waals surface area contributed by atoms with Crippen LogP contribution in [-0.2, 0) is 6.42 Å². The quantitative estimate of drug-likeness (QED) is 0.818. The Hall–Kier alpha value is -0.960. The van der Waals surface area contributed by atoms with E-state index in [1.54, 1.807) is 0 Å². The number of carbonyl (C=O) groups is 1. The summed E-state index contributed by atoms with van der Waals surface area (Å²) < 4.78 is 0. The third kappa shape index (κ3) is 3.03. The Bertz CT molecular complexity index is 460. The summed E-state index contributed by atoms with van der Waals surface area (Å²) in [5.41, 5.74) is 2.24. The molecule has 0 radical (unpaired) electrons. The lowest BCUT2D eigenvalue weighted by atomic mass is 9.83. The minimum atomic E-state index is 0.151. The maximum absolute atomic E-state index is 12.8. The minimum absolute atomic E-state index is 0.151. The van der Waals surface area contributed by atoms with Crippen LogP contribution in [0.3, 0.4) is 0 Å². The number of hydrogen-bond acceptors (Lipinski definition) is 2. The van der Waals surface area contributed by atoms with Gasteiger partial charge in [0, 0.05) is 18.7 Å². The predicted octanol–water partition coefficient (Wildman–Crippen LogP) is 3.81. The van der Waals surface area contributed by atoms with E-state index in [0.29, 0.717) is 0 Å². The van der Waals surface area contributed by atoms with Crippen molar-refractivity contribution in [3.05, 3.63) is 35.4 Å². The smallest absolute Gasteiger partial charge is 0.254 e. The van der Waals surface area contributed by atoms with Gasteiger partial charge in [-0.1, -0.05) is 32.0 Å². The van der Waals surface area contributed by atoms with Crippen molar-refractivity contribution < 1.29 is 4.79 Å². The fourth-order valence-corrected chi connectivity index (χ4v) is 3.53. The van der Waals surface area contributed by atoms with Crippen LogP contribution in [0.5, 0.6) is 0 Å². The third-order valence-corrected chi connectivity index (χ3v) is 5.44. The monoisotopic (exact) mass is 291 g/mol. The maximum Gasteiger partial charge on any atom is 0.254 e. The van der Waals surface area contributed by atoms with Gasteiger partial charge in [-0.2, -0.15) is 12.6 Å². The predicted molar refractivity (Wildman–Crippen MR) is 87.5 cm³/mol. The molecule has 0 aliphatic carbocycles. The van der Waals surface area contributed by atoms with Gasteiger partial charge in [0.2, 0.25) is 0 Å². The van der Waals surface area contributed by atoms with E-state index in [2.05, 4.69) is 37.4 Å². The van der Waals surface area contributed by atoms with Gasteiger partial charge in [0.1, 0.15) is 0 Å². The van der Waals surface area contributed by atoms with E-state index in [1.807, 2.05) is 18.2 Å². The molecular formula is C17H25NOS. The first-order valence-electron chi connectivity index (χ1n) is 7.64. The van der Waals surface area contributed by atoms with Crippen LogP contribution < -0.4 is 0 Å². The van der Waals surface area contributed by atoms with Gasteiger partial charge in [-0.05, 0) is 48.5 Å². The van der Waals surface area contributed by atoms with Crippen LogP contribution in [0.1, 0.15) is 49.0 Å². The highest BCUT2D eigenvalue weighted by atomic mass is 32.1. The Labute approximate surface area is 128 Å². The molecule has 20 heavy (non-hydrogen) atoms. The summed E-state index contributed by atoms with van der Waals surface area (Å²) in [6, 6.07) is 8.04. The highest BCUT2D eigenvalue weighted by molar-refractivity contribution is 7.80. The standard InChI is InChI=1S/C17H25NOS/c1-3-17(4-2,13-20)12-18-11-7-9-14-8-5-6-10-15(14)16(18)19/h5-6,8,10,20H,3-4,7,9,11-13H2,1-2H3. The number of nitrogens with zero attached hydrogens (tertiary/aromatic N) is 1. The first-order chi connectivity index (χ1) is 9.65. The number of thiol groups is 1. The van der Waals surface area contributed by atoms with Crippen molar-refractivity contribution in [2.45, 2.75) is 39.5 Å². The van der Waals surface area contributed by atoms with E-state index in [0.717, 1.165) is 50.1 Å². The molecule has 2 rings (SSSR count). The molecule has 1 aromatic rings. The highest BCUT2D eigenvalue weighted by Gasteiger charge is 2.31. The molecule has 0 atom stereocenters. The maximum atomic E-state index is 12.8. The molecular weight excluding hydrogens is 266 g/mol. The molecule has 1 aliphatic rings. The first kappa shape index (κ1) is 15.4. The molecule has 1 aromatic carbocycles. The first-order valence-corrected chi connectivity index (χ1v) is 8.27. The SMILES string of the molecule is CCC(CC)(CS)CN1CCCc2ccccc2C1=O. The normalized spacial score (nSPS) is 15.9. The van der Waals surface area contributed by atoms with Crippen LogP contribution >= 0.6 is 12.6 Å². The second-order valence-electron chi connectivity index (χ2n) is 5.85. The molecule has 1 amide bonds. The molecule has 1 aliphatic heterocycles. The van der Waals surface area contributed by atoms with E-state index in [4.69, 9.17) is 0 Å². The molecule has 0 spiro atoms. The van der Waals surface area contributed by atoms with E-state index < -0.39 is 0 Å². The number of fused-ring (bicyclic) bond motifs is 1. The Kier molecular flexibility index (Phi) is 5.14. The number of carbonyl (C=O) groups excluding carboxylic acids is 1. The van der Waals surface area contributed by atoms with Crippen LogP contribution in [0, 0.1) is 5.41 Å². The number of aryl methyl sites for hydroxylation is 1. The van der Waals surface area contributed by atoms with E-state index >= 15 is 0 Å². The van der Waals surface area contributed by atoms with Gasteiger partial charge in [-0.25, -0.2) is 0 Å². The molecule has 0 saturated carbocycles. The summed E-state index contributed by atoms with van der Waals surface area (Å²) in [5, 5.41) is 0. The van der Waals surface area contributed by atoms with Crippen LogP contribution in [0.25, 0.3) is 0 Å². The van der Waals surface area contributed by atoms with Gasteiger partial charge in [-0.15, -0.1) is 0 Å². The summed E-state index contributed by atoms with van der Waals surface area (Å²) in [5.74, 6) is 1.04. The van der Waals surface area contributed by atoms with Gasteiger partial charge in [0.25, 0.3) is 5.91 Å². The van der Waals surface area contributed by atoms with Gasteiger partial charge in [0.15, 0.2) is 0 Å². The summed E-state index contributed by atoms with van der Waals surface area (Å²) in [6.45, 7) is 6.10. The fourth-order valence-electron chi connectivity index (χ4n) is 2.98. The van der Waals surface area contributed by atoms with Crippen molar-refractivity contribution in [3.63, 3.8) is 0 Å². The van der Waals surface area contributed by atoms with Crippen LogP contribution in [0.15, 0.2) is 24.3 Å². The number of amides is 1. The third-order valence-electron chi connectivity index (χ3n) is 4.77. The zero-order valence-corrected chi connectivity index (χ0v) is 13.5. The van der Waals surface area contributed by atoms with Crippen LogP contribution in [-0.4, -0.2) is 29.6 Å². The van der Waals surface area contributed by atoms with Gasteiger partial charge >= 0.3 is 0 Å². The molecule has 0 N–H and O–H groups in total. The van der Waals surface area contributed by atoms with Gasteiger partial charge in [-0.3, -0.25) is 4.79 Å². The number of rotatable bonds is 5. The van der Waals surface area contributed by atoms with E-state index in [9.17, 15) is 4.79 Å². The average molecular weight is 291 g/mol. The zero-order chi connectivity index (χ0) is 14.6. The lowest BCUT2D eigenvalue weighted by molar-refractivity contribution is 0.0672. The molecule has 1 heterocycles. The van der Waals surface area contributed by atoms with Gasteiger partial charge in [0.05, 0.1) is 0 Å². The molecule has 0 bridgehead atoms. The summed E-state index contributed by atoms with van der Waals surface area (Å²) in [7, 11) is 0. The second-order valence-corrected chi connectivity index (χ2v) is 6.17. The summed E-state index contributed by atoms with van der Waals surface area (Å²) in [4.78, 5) is 14.8. The summed E-state index contributed by atoms with van der Waals surface area (Å²) in [6.07, 6.45) is 4.19. The van der Waals surface area contributed by atoms with Crippen molar-refractivity contribution >= 4 is 18.5 Å². The molecule has 0 saturated heterocycles. The Morgan fingerprint density at radius 1 is 1.25 bits per heavy atom. The minimum Gasteiger partial charge on any atom is -0.338 e. The van der Waals surface area contributed by atoms with Crippen molar-refractivity contribution in [2.75, 3.05) is 18.8 Å². The second kappa shape index (κ2) is 6.66. The molecule has 2 nitrogen and oxygen atoms in total. The average Bonchev–Trinajstić information content (AvgIpc) is 2.65. The van der Waals surface area contributed by atoms with Crippen molar-refractivity contribution in [1.29, 1.82) is 0 Å². The van der Waals surface area contributed by atoms with E-state index in [-0.39, 0.29) is 11.3 Å². The van der Waals surface area contributed by atoms with Gasteiger partial charge < -0.3 is 4.90 Å². The fraction of sp³-hybridized carbons (Fsp3) is 0.588. The molecule has 0 aromatic heterocycles. The Morgan fingerprint density at radius 3 is 2.60 bits per heavy atom. The summed E-state index contributed by atoms with van der Waals surface area (Å²) >= 11 is 4.54.